The molecule has 9 heteroatoms. The maximum atomic E-state index is 12.8. The normalized spacial score (nSPS) is 14.9. The zero-order chi connectivity index (χ0) is 20.4. The number of rotatable bonds is 5. The van der Waals surface area contributed by atoms with Crippen LogP contribution in [0, 0.1) is 5.92 Å². The van der Waals surface area contributed by atoms with Crippen molar-refractivity contribution in [3.8, 4) is 5.75 Å². The van der Waals surface area contributed by atoms with E-state index in [9.17, 15) is 9.59 Å². The maximum absolute atomic E-state index is 12.8. The first kappa shape index (κ1) is 19.4. The molecule has 8 nitrogen and oxygen atoms in total. The quantitative estimate of drug-likeness (QED) is 0.691. The van der Waals surface area contributed by atoms with Crippen LogP contribution in [0.15, 0.2) is 35.3 Å². The number of benzene rings is 1. The second-order valence-corrected chi connectivity index (χ2v) is 8.19. The number of hydrogen-bond donors (Lipinski definition) is 1. The molecule has 0 atom stereocenters. The number of aromatic nitrogens is 3. The molecule has 4 rings (SSSR count). The molecule has 3 aromatic rings. The van der Waals surface area contributed by atoms with Crippen molar-refractivity contribution < 1.29 is 9.53 Å². The van der Waals surface area contributed by atoms with E-state index in [1.54, 1.807) is 7.11 Å². The van der Waals surface area contributed by atoms with E-state index in [4.69, 9.17) is 4.74 Å². The molecule has 2 aromatic heterocycles. The monoisotopic (exact) mass is 413 g/mol. The van der Waals surface area contributed by atoms with Gasteiger partial charge in [0, 0.05) is 25.8 Å². The molecule has 0 unspecified atom stereocenters. The molecule has 1 N–H and O–H groups in total. The Bertz CT molecular complexity index is 1070. The second kappa shape index (κ2) is 8.20. The van der Waals surface area contributed by atoms with Crippen molar-refractivity contribution in [1.29, 1.82) is 0 Å². The van der Waals surface area contributed by atoms with Crippen LogP contribution in [0.2, 0.25) is 0 Å². The van der Waals surface area contributed by atoms with Crippen molar-refractivity contribution in [3.63, 3.8) is 0 Å². The van der Waals surface area contributed by atoms with Crippen LogP contribution in [0.25, 0.3) is 4.96 Å². The molecule has 152 valence electrons. The van der Waals surface area contributed by atoms with E-state index < -0.39 is 11.5 Å². The lowest BCUT2D eigenvalue weighted by Crippen LogP contribution is -2.33. The predicted molar refractivity (Wildman–Crippen MR) is 112 cm³/mol. The minimum absolute atomic E-state index is 0.0138. The van der Waals surface area contributed by atoms with Crippen molar-refractivity contribution in [1.82, 2.24) is 19.9 Å². The van der Waals surface area contributed by atoms with Gasteiger partial charge in [-0.3, -0.25) is 9.59 Å². The number of carbonyl (C=O) groups excluding carboxylic acids is 1. The number of piperidine rings is 1. The van der Waals surface area contributed by atoms with Crippen LogP contribution in [0.5, 0.6) is 5.75 Å². The highest BCUT2D eigenvalue weighted by molar-refractivity contribution is 7.20. The summed E-state index contributed by atoms with van der Waals surface area (Å²) in [7, 11) is 1.60. The van der Waals surface area contributed by atoms with Gasteiger partial charge in [0.15, 0.2) is 0 Å². The minimum atomic E-state index is -0.464. The number of nitrogens with zero attached hydrogens (tertiary/aromatic N) is 4. The van der Waals surface area contributed by atoms with Gasteiger partial charge in [-0.1, -0.05) is 30.4 Å². The third-order valence-corrected chi connectivity index (χ3v) is 6.17. The Balaban J connectivity index is 1.50. The fourth-order valence-electron chi connectivity index (χ4n) is 3.28. The summed E-state index contributed by atoms with van der Waals surface area (Å²) in [5, 5.41) is 7.97. The van der Waals surface area contributed by atoms with Crippen molar-refractivity contribution in [3.05, 3.63) is 51.9 Å². The lowest BCUT2D eigenvalue weighted by Gasteiger charge is -2.29. The first-order valence-electron chi connectivity index (χ1n) is 9.60. The molecule has 1 aliphatic rings. The van der Waals surface area contributed by atoms with Gasteiger partial charge in [-0.15, -0.1) is 5.10 Å². The molecule has 0 spiro atoms. The number of fused-ring (bicyclic) bond motifs is 1. The first-order valence-corrected chi connectivity index (χ1v) is 10.4. The molecule has 1 fully saturated rings. The summed E-state index contributed by atoms with van der Waals surface area (Å²) in [6, 6.07) is 7.36. The molecule has 1 saturated heterocycles. The van der Waals surface area contributed by atoms with Gasteiger partial charge >= 0.3 is 0 Å². The van der Waals surface area contributed by atoms with Gasteiger partial charge in [-0.25, -0.2) is 4.98 Å². The SMILES string of the molecule is COc1ccc(CNC(=O)c2cnc3sc(N4CCC(C)CC4)nn3c2=O)cc1. The van der Waals surface area contributed by atoms with Crippen molar-refractivity contribution in [2.45, 2.75) is 26.3 Å². The smallest absolute Gasteiger partial charge is 0.288 e. The topological polar surface area (TPSA) is 88.8 Å². The molecule has 29 heavy (non-hydrogen) atoms. The molecule has 3 heterocycles. The average Bonchev–Trinajstić information content (AvgIpc) is 3.18. The van der Waals surface area contributed by atoms with Gasteiger partial charge in [0.05, 0.1) is 7.11 Å². The summed E-state index contributed by atoms with van der Waals surface area (Å²) >= 11 is 1.38. The summed E-state index contributed by atoms with van der Waals surface area (Å²) in [6.45, 7) is 4.40. The largest absolute Gasteiger partial charge is 0.497 e. The Morgan fingerprint density at radius 2 is 2.00 bits per heavy atom. The Kier molecular flexibility index (Phi) is 5.48. The number of methoxy groups -OCH3 is 1. The Hall–Kier alpha value is -2.94. The van der Waals surface area contributed by atoms with E-state index in [1.165, 1.54) is 22.0 Å². The Labute approximate surface area is 172 Å². The van der Waals surface area contributed by atoms with Gasteiger partial charge in [-0.05, 0) is 36.5 Å². The standard InChI is InChI=1S/C20H23N5O3S/c1-13-7-9-24(10-8-13)20-23-25-18(27)16(12-22-19(25)29-20)17(26)21-11-14-3-5-15(28-2)6-4-14/h3-6,12-13H,7-11H2,1-2H3,(H,21,26). The van der Waals surface area contributed by atoms with Gasteiger partial charge in [0.1, 0.15) is 11.3 Å². The van der Waals surface area contributed by atoms with Crippen LogP contribution < -0.4 is 20.5 Å². The Morgan fingerprint density at radius 3 is 2.69 bits per heavy atom. The van der Waals surface area contributed by atoms with Crippen LogP contribution in [-0.4, -0.2) is 40.7 Å². The molecule has 0 radical (unpaired) electrons. The number of amides is 1. The van der Waals surface area contributed by atoms with Crippen LogP contribution >= 0.6 is 11.3 Å². The fraction of sp³-hybridized carbons (Fsp3) is 0.400. The van der Waals surface area contributed by atoms with E-state index in [0.717, 1.165) is 42.4 Å². The van der Waals surface area contributed by atoms with Gasteiger partial charge in [-0.2, -0.15) is 4.52 Å². The van der Waals surface area contributed by atoms with Crippen LogP contribution in [0.3, 0.4) is 0 Å². The van der Waals surface area contributed by atoms with E-state index in [1.807, 2.05) is 24.3 Å². The first-order chi connectivity index (χ1) is 14.0. The Morgan fingerprint density at radius 1 is 1.28 bits per heavy atom. The molecule has 1 amide bonds. The van der Waals surface area contributed by atoms with Gasteiger partial charge < -0.3 is 15.0 Å². The third kappa shape index (κ3) is 4.09. The highest BCUT2D eigenvalue weighted by Gasteiger charge is 2.21. The average molecular weight is 414 g/mol. The highest BCUT2D eigenvalue weighted by atomic mass is 32.1. The minimum Gasteiger partial charge on any atom is -0.497 e. The summed E-state index contributed by atoms with van der Waals surface area (Å²) in [6.07, 6.45) is 3.55. The molecule has 0 saturated carbocycles. The summed E-state index contributed by atoms with van der Waals surface area (Å²) in [4.78, 5) is 32.3. The number of carbonyl (C=O) groups is 1. The van der Waals surface area contributed by atoms with Gasteiger partial charge in [0.2, 0.25) is 10.1 Å². The van der Waals surface area contributed by atoms with E-state index >= 15 is 0 Å². The highest BCUT2D eigenvalue weighted by Crippen LogP contribution is 2.26. The number of anilines is 1. The number of hydrogen-bond acceptors (Lipinski definition) is 7. The number of nitrogens with one attached hydrogen (secondary N) is 1. The van der Waals surface area contributed by atoms with Gasteiger partial charge in [0.25, 0.3) is 11.5 Å². The molecular weight excluding hydrogens is 390 g/mol. The van der Waals surface area contributed by atoms with E-state index in [-0.39, 0.29) is 5.56 Å². The summed E-state index contributed by atoms with van der Waals surface area (Å²) < 4.78 is 6.36. The lowest BCUT2D eigenvalue weighted by atomic mass is 10.00. The predicted octanol–water partition coefficient (Wildman–Crippen LogP) is 2.33. The summed E-state index contributed by atoms with van der Waals surface area (Å²) in [5.41, 5.74) is 0.443. The van der Waals surface area contributed by atoms with E-state index in [2.05, 4.69) is 27.2 Å². The number of ether oxygens (including phenoxy) is 1. The molecule has 1 aromatic carbocycles. The fourth-order valence-corrected chi connectivity index (χ4v) is 4.19. The zero-order valence-electron chi connectivity index (χ0n) is 16.4. The summed E-state index contributed by atoms with van der Waals surface area (Å²) in [5.74, 6) is 0.993. The van der Waals surface area contributed by atoms with Crippen LogP contribution in [0.1, 0.15) is 35.7 Å². The van der Waals surface area contributed by atoms with Crippen LogP contribution in [0.4, 0.5) is 5.13 Å². The van der Waals surface area contributed by atoms with Crippen molar-refractivity contribution >= 4 is 27.3 Å². The second-order valence-electron chi connectivity index (χ2n) is 7.26. The zero-order valence-corrected chi connectivity index (χ0v) is 17.2. The lowest BCUT2D eigenvalue weighted by molar-refractivity contribution is 0.0948. The van der Waals surface area contributed by atoms with Crippen LogP contribution in [-0.2, 0) is 6.54 Å². The van der Waals surface area contributed by atoms with E-state index in [0.29, 0.717) is 17.4 Å². The van der Waals surface area contributed by atoms with Crippen molar-refractivity contribution in [2.24, 2.45) is 5.92 Å². The molecule has 0 bridgehead atoms. The molecule has 1 aliphatic heterocycles. The van der Waals surface area contributed by atoms with Crippen molar-refractivity contribution in [2.75, 3.05) is 25.1 Å². The maximum Gasteiger partial charge on any atom is 0.288 e. The molecule has 0 aliphatic carbocycles. The third-order valence-electron chi connectivity index (χ3n) is 5.19. The molecular formula is C20H23N5O3S.